The number of hydrogen-bond acceptors (Lipinski definition) is 13. The van der Waals surface area contributed by atoms with E-state index in [1.807, 2.05) is 6.08 Å². The third kappa shape index (κ3) is 34.8. The Hall–Kier alpha value is -1.53. The number of aliphatic hydroxyl groups is 8. The van der Waals surface area contributed by atoms with Crippen molar-refractivity contribution in [3.05, 3.63) is 24.3 Å². The third-order valence-corrected chi connectivity index (χ3v) is 16.1. The molecule has 14 heteroatoms. The molecule has 12 unspecified atom stereocenters. The lowest BCUT2D eigenvalue weighted by molar-refractivity contribution is -0.359. The van der Waals surface area contributed by atoms with Crippen LogP contribution >= 0.6 is 0 Å². The van der Waals surface area contributed by atoms with Gasteiger partial charge in [-0.15, -0.1) is 0 Å². The smallest absolute Gasteiger partial charge is 0.220 e. The molecule has 1 amide bonds. The van der Waals surface area contributed by atoms with E-state index in [1.165, 1.54) is 218 Å². The van der Waals surface area contributed by atoms with Crippen molar-refractivity contribution in [2.75, 3.05) is 19.8 Å². The first kappa shape index (κ1) is 72.6. The average Bonchev–Trinajstić information content (AvgIpc) is 3.44. The minimum absolute atomic E-state index is 0.244. The zero-order valence-corrected chi connectivity index (χ0v) is 49.7. The van der Waals surface area contributed by atoms with Crippen LogP contribution in [0.4, 0.5) is 0 Å². The lowest BCUT2D eigenvalue weighted by Gasteiger charge is -2.46. The van der Waals surface area contributed by atoms with E-state index in [0.29, 0.717) is 12.8 Å². The van der Waals surface area contributed by atoms with Crippen LogP contribution in [-0.4, -0.2) is 140 Å². The van der Waals surface area contributed by atoms with Crippen LogP contribution in [0.2, 0.25) is 0 Å². The second kappa shape index (κ2) is 50.0. The molecule has 0 aromatic rings. The third-order valence-electron chi connectivity index (χ3n) is 16.1. The lowest BCUT2D eigenvalue weighted by Crippen LogP contribution is -2.65. The Morgan fingerprint density at radius 3 is 1.26 bits per heavy atom. The van der Waals surface area contributed by atoms with Gasteiger partial charge >= 0.3 is 0 Å². The summed E-state index contributed by atoms with van der Waals surface area (Å²) in [4.78, 5) is 13.3. The van der Waals surface area contributed by atoms with Gasteiger partial charge in [-0.1, -0.05) is 269 Å². The van der Waals surface area contributed by atoms with Crippen molar-refractivity contribution in [2.45, 2.75) is 357 Å². The van der Waals surface area contributed by atoms with Gasteiger partial charge < -0.3 is 65.1 Å². The minimum Gasteiger partial charge on any atom is -0.394 e. The number of allylic oxidation sites excluding steroid dienone is 3. The van der Waals surface area contributed by atoms with Crippen LogP contribution in [0.1, 0.15) is 284 Å². The molecule has 2 saturated heterocycles. The summed E-state index contributed by atoms with van der Waals surface area (Å²) in [5.74, 6) is -0.244. The fourth-order valence-electron chi connectivity index (χ4n) is 10.9. The molecule has 78 heavy (non-hydrogen) atoms. The minimum atomic E-state index is -1.79. The Morgan fingerprint density at radius 1 is 0.449 bits per heavy atom. The predicted molar refractivity (Wildman–Crippen MR) is 314 cm³/mol. The van der Waals surface area contributed by atoms with E-state index in [0.717, 1.165) is 32.1 Å². The van der Waals surface area contributed by atoms with Crippen molar-refractivity contribution in [2.24, 2.45) is 0 Å². The van der Waals surface area contributed by atoms with Crippen molar-refractivity contribution in [3.8, 4) is 0 Å². The number of carbonyl (C=O) groups excluding carboxylic acids is 1. The van der Waals surface area contributed by atoms with Crippen LogP contribution in [0, 0.1) is 0 Å². The highest BCUT2D eigenvalue weighted by atomic mass is 16.7. The fraction of sp³-hybridized carbons (Fsp3) is 0.922. The number of rotatable bonds is 53. The highest BCUT2D eigenvalue weighted by molar-refractivity contribution is 5.76. The molecule has 0 bridgehead atoms. The fourth-order valence-corrected chi connectivity index (χ4v) is 10.9. The molecule has 2 fully saturated rings. The van der Waals surface area contributed by atoms with E-state index in [4.69, 9.17) is 18.9 Å². The highest BCUT2D eigenvalue weighted by Gasteiger charge is 2.51. The molecular formula is C64H121NO13. The number of nitrogens with one attached hydrogen (secondary N) is 1. The van der Waals surface area contributed by atoms with Crippen molar-refractivity contribution in [1.29, 1.82) is 0 Å². The number of ether oxygens (including phenoxy) is 4. The summed E-state index contributed by atoms with van der Waals surface area (Å²) in [5, 5.41) is 87.2. The van der Waals surface area contributed by atoms with E-state index < -0.39 is 86.8 Å². The number of unbranched alkanes of at least 4 members (excludes halogenated alkanes) is 38. The van der Waals surface area contributed by atoms with Crippen molar-refractivity contribution >= 4 is 5.91 Å². The zero-order valence-electron chi connectivity index (χ0n) is 49.7. The molecule has 14 nitrogen and oxygen atoms in total. The summed E-state index contributed by atoms with van der Waals surface area (Å²) >= 11 is 0. The van der Waals surface area contributed by atoms with Gasteiger partial charge in [-0.05, 0) is 32.1 Å². The van der Waals surface area contributed by atoms with Gasteiger partial charge in [0.15, 0.2) is 12.6 Å². The van der Waals surface area contributed by atoms with Crippen LogP contribution in [0.3, 0.4) is 0 Å². The first-order valence-electron chi connectivity index (χ1n) is 32.6. The van der Waals surface area contributed by atoms with Crippen LogP contribution in [0.25, 0.3) is 0 Å². The Kier molecular flexibility index (Phi) is 46.5. The molecule has 0 saturated carbocycles. The molecule has 0 aromatic carbocycles. The number of amides is 1. The molecule has 0 radical (unpaired) electrons. The summed E-state index contributed by atoms with van der Waals surface area (Å²) in [6, 6.07) is -0.928. The van der Waals surface area contributed by atoms with Gasteiger partial charge in [0.1, 0.15) is 48.8 Å². The van der Waals surface area contributed by atoms with E-state index in [2.05, 4.69) is 31.3 Å². The van der Waals surface area contributed by atoms with Crippen LogP contribution in [-0.2, 0) is 23.7 Å². The summed E-state index contributed by atoms with van der Waals surface area (Å²) in [5.41, 5.74) is 0. The number of aliphatic hydroxyl groups excluding tert-OH is 8. The molecule has 2 rings (SSSR count). The topological polar surface area (TPSA) is 228 Å². The SMILES string of the molecule is CCCCCCCCCCCCCCCCCCCCCCC/C=C/CC/C=C/C(O)C(COC1OC(CO)C(OC2OC(CO)C(O)C(O)C2O)C(O)C1O)NC(=O)CCCCCCCCCCCCCCCCCCC. The Balaban J connectivity index is 1.72. The quantitative estimate of drug-likeness (QED) is 0.0204. The van der Waals surface area contributed by atoms with E-state index in [1.54, 1.807) is 6.08 Å². The van der Waals surface area contributed by atoms with Gasteiger partial charge in [0.05, 0.1) is 32.0 Å². The Labute approximate surface area is 475 Å². The molecule has 2 aliphatic rings. The Morgan fingerprint density at radius 2 is 0.821 bits per heavy atom. The molecule has 0 aromatic heterocycles. The highest BCUT2D eigenvalue weighted by Crippen LogP contribution is 2.30. The molecule has 12 atom stereocenters. The number of hydrogen-bond donors (Lipinski definition) is 9. The maximum Gasteiger partial charge on any atom is 0.220 e. The Bertz CT molecular complexity index is 1400. The van der Waals surface area contributed by atoms with Crippen LogP contribution < -0.4 is 5.32 Å². The van der Waals surface area contributed by atoms with Crippen LogP contribution in [0.15, 0.2) is 24.3 Å². The summed E-state index contributed by atoms with van der Waals surface area (Å²) in [6.45, 7) is 2.82. The monoisotopic (exact) mass is 1110 g/mol. The molecule has 0 aliphatic carbocycles. The summed E-state index contributed by atoms with van der Waals surface area (Å²) in [6.07, 6.45) is 43.7. The predicted octanol–water partition coefficient (Wildman–Crippen LogP) is 12.0. The second-order valence-electron chi connectivity index (χ2n) is 23.2. The normalized spacial score (nSPS) is 24.6. The molecule has 2 heterocycles. The largest absolute Gasteiger partial charge is 0.394 e. The van der Waals surface area contributed by atoms with E-state index in [-0.39, 0.29) is 18.9 Å². The van der Waals surface area contributed by atoms with Crippen molar-refractivity contribution < 1.29 is 64.6 Å². The van der Waals surface area contributed by atoms with Gasteiger partial charge in [-0.25, -0.2) is 0 Å². The van der Waals surface area contributed by atoms with Crippen molar-refractivity contribution in [3.63, 3.8) is 0 Å². The molecular weight excluding hydrogens is 991 g/mol. The maximum atomic E-state index is 13.3. The molecule has 0 spiro atoms. The van der Waals surface area contributed by atoms with Gasteiger partial charge in [0.2, 0.25) is 5.91 Å². The second-order valence-corrected chi connectivity index (χ2v) is 23.2. The van der Waals surface area contributed by atoms with E-state index in [9.17, 15) is 45.6 Å². The lowest BCUT2D eigenvalue weighted by atomic mass is 9.97. The van der Waals surface area contributed by atoms with Gasteiger partial charge in [0, 0.05) is 6.42 Å². The summed E-state index contributed by atoms with van der Waals surface area (Å²) < 4.78 is 22.8. The molecule has 460 valence electrons. The molecule has 9 N–H and O–H groups in total. The van der Waals surface area contributed by atoms with Gasteiger partial charge in [0.25, 0.3) is 0 Å². The van der Waals surface area contributed by atoms with Crippen molar-refractivity contribution in [1.82, 2.24) is 5.32 Å². The standard InChI is InChI=1S/C64H121NO13/c1-3-5-7-9-11-13-15-17-19-21-22-23-24-25-26-27-28-29-30-32-33-35-37-39-41-43-45-47-53(68)52(65-56(69)48-46-44-42-40-38-36-34-31-20-18-16-14-12-10-8-6-4-2)51-75-63-61(74)59(72)62(55(50-67)77-63)78-64-60(73)58(71)57(70)54(49-66)76-64/h37,39,45,47,52-55,57-64,66-68,70-74H,3-36,38,40-44,46,48-51H2,1-2H3,(H,65,69)/b39-37+,47-45+. The number of carbonyl (C=O) groups is 1. The van der Waals surface area contributed by atoms with Gasteiger partial charge in [-0.3, -0.25) is 4.79 Å². The first-order chi connectivity index (χ1) is 38.1. The van der Waals surface area contributed by atoms with Gasteiger partial charge in [-0.2, -0.15) is 0 Å². The maximum absolute atomic E-state index is 13.3. The van der Waals surface area contributed by atoms with E-state index >= 15 is 0 Å². The zero-order chi connectivity index (χ0) is 56.7. The molecule has 2 aliphatic heterocycles. The van der Waals surface area contributed by atoms with Crippen LogP contribution in [0.5, 0.6) is 0 Å². The average molecular weight is 1110 g/mol. The summed E-state index contributed by atoms with van der Waals surface area (Å²) in [7, 11) is 0. The first-order valence-corrected chi connectivity index (χ1v) is 32.6.